The largest absolute Gasteiger partial charge is 0.493 e. The van der Waals surface area contributed by atoms with Crippen molar-refractivity contribution in [3.63, 3.8) is 0 Å². The van der Waals surface area contributed by atoms with Gasteiger partial charge in [-0.3, -0.25) is 9.69 Å². The molecule has 7 heteroatoms. The lowest BCUT2D eigenvalue weighted by Crippen LogP contribution is -2.34. The minimum Gasteiger partial charge on any atom is -0.493 e. The Balaban J connectivity index is 1.17. The number of hydrogen-bond acceptors (Lipinski definition) is 6. The molecule has 0 aromatic heterocycles. The van der Waals surface area contributed by atoms with Gasteiger partial charge in [0.15, 0.2) is 11.5 Å². The first-order chi connectivity index (χ1) is 14.2. The smallest absolute Gasteiger partial charge is 0.231 e. The molecule has 1 amide bonds. The maximum Gasteiger partial charge on any atom is 0.231 e. The average Bonchev–Trinajstić information content (AvgIpc) is 3.43. The first kappa shape index (κ1) is 20.3. The van der Waals surface area contributed by atoms with Gasteiger partial charge < -0.3 is 24.3 Å². The van der Waals surface area contributed by atoms with Crippen molar-refractivity contribution in [2.45, 2.75) is 51.2 Å². The molecule has 29 heavy (non-hydrogen) atoms. The van der Waals surface area contributed by atoms with Gasteiger partial charge in [-0.25, -0.2) is 0 Å². The molecule has 4 rings (SSSR count). The second-order valence-corrected chi connectivity index (χ2v) is 8.23. The van der Waals surface area contributed by atoms with Crippen molar-refractivity contribution in [1.82, 2.24) is 10.2 Å². The predicted molar refractivity (Wildman–Crippen MR) is 108 cm³/mol. The number of nitrogens with zero attached hydrogens (tertiary/aromatic N) is 1. The summed E-state index contributed by atoms with van der Waals surface area (Å²) in [6.07, 6.45) is 6.27. The van der Waals surface area contributed by atoms with E-state index in [0.29, 0.717) is 24.6 Å². The van der Waals surface area contributed by atoms with Gasteiger partial charge in [-0.2, -0.15) is 0 Å². The number of methoxy groups -OCH3 is 1. The van der Waals surface area contributed by atoms with Crippen molar-refractivity contribution < 1.29 is 23.7 Å². The monoisotopic (exact) mass is 404 g/mol. The van der Waals surface area contributed by atoms with Crippen LogP contribution in [-0.2, 0) is 16.1 Å². The summed E-state index contributed by atoms with van der Waals surface area (Å²) in [5, 5.41) is 3.03. The van der Waals surface area contributed by atoms with Gasteiger partial charge in [0.2, 0.25) is 18.4 Å². The minimum atomic E-state index is 0.162. The zero-order valence-corrected chi connectivity index (χ0v) is 17.3. The molecule has 0 aliphatic carbocycles. The van der Waals surface area contributed by atoms with Crippen LogP contribution in [0.1, 0.15) is 44.1 Å². The summed E-state index contributed by atoms with van der Waals surface area (Å²) in [4.78, 5) is 14.6. The summed E-state index contributed by atoms with van der Waals surface area (Å²) < 4.78 is 22.0. The van der Waals surface area contributed by atoms with E-state index in [1.54, 1.807) is 7.11 Å². The van der Waals surface area contributed by atoms with Gasteiger partial charge in [-0.1, -0.05) is 0 Å². The van der Waals surface area contributed by atoms with E-state index < -0.39 is 0 Å². The fourth-order valence-electron chi connectivity index (χ4n) is 4.42. The number of amides is 1. The number of fused-ring (bicyclic) bond motifs is 1. The highest BCUT2D eigenvalue weighted by molar-refractivity contribution is 5.75. The van der Waals surface area contributed by atoms with E-state index in [1.807, 2.05) is 6.07 Å². The van der Waals surface area contributed by atoms with Gasteiger partial charge in [-0.15, -0.1) is 0 Å². The minimum absolute atomic E-state index is 0.162. The summed E-state index contributed by atoms with van der Waals surface area (Å²) in [6, 6.07) is 4.09. The van der Waals surface area contributed by atoms with E-state index in [9.17, 15) is 4.79 Å². The van der Waals surface area contributed by atoms with Gasteiger partial charge >= 0.3 is 0 Å². The maximum absolute atomic E-state index is 12.1. The third-order valence-electron chi connectivity index (χ3n) is 6.16. The molecule has 2 saturated heterocycles. The Morgan fingerprint density at radius 2 is 2.10 bits per heavy atom. The van der Waals surface area contributed by atoms with Gasteiger partial charge in [0.1, 0.15) is 0 Å². The van der Waals surface area contributed by atoms with Gasteiger partial charge in [0.25, 0.3) is 0 Å². The number of rotatable bonds is 8. The quantitative estimate of drug-likeness (QED) is 0.719. The summed E-state index contributed by atoms with van der Waals surface area (Å²) in [7, 11) is 1.66. The van der Waals surface area contributed by atoms with Gasteiger partial charge in [0, 0.05) is 26.1 Å². The Morgan fingerprint density at radius 1 is 1.24 bits per heavy atom. The lowest BCUT2D eigenvalue weighted by Gasteiger charge is -2.32. The lowest BCUT2D eigenvalue weighted by molar-refractivity contribution is -0.122. The molecule has 1 N–H and O–H groups in total. The SMILES string of the molecule is COc1cc(CN2CCC(CCC(=O)NC[C@H]3CCCO3)CC2)cc2c1OCO2. The molecular formula is C22H32N2O5. The van der Waals surface area contributed by atoms with Crippen LogP contribution in [0.5, 0.6) is 17.2 Å². The third kappa shape index (κ3) is 5.34. The first-order valence-corrected chi connectivity index (χ1v) is 10.8. The topological polar surface area (TPSA) is 69.3 Å². The number of nitrogens with one attached hydrogen (secondary N) is 1. The fraction of sp³-hybridized carbons (Fsp3) is 0.682. The van der Waals surface area contributed by atoms with Crippen molar-refractivity contribution in [3.05, 3.63) is 17.7 Å². The molecule has 1 aromatic rings. The standard InChI is InChI=1S/C22H32N2O5/c1-26-19-11-17(12-20-22(19)29-15-28-20)14-24-8-6-16(7-9-24)4-5-21(25)23-13-18-3-2-10-27-18/h11-12,16,18H,2-10,13-15H2,1H3,(H,23,25)/t18-/m1/s1. The number of likely N-dealkylation sites (tertiary alicyclic amines) is 1. The molecule has 0 bridgehead atoms. The van der Waals surface area contributed by atoms with Crippen LogP contribution in [0.4, 0.5) is 0 Å². The molecule has 0 unspecified atom stereocenters. The lowest BCUT2D eigenvalue weighted by atomic mass is 9.92. The Hall–Kier alpha value is -1.99. The highest BCUT2D eigenvalue weighted by atomic mass is 16.7. The molecule has 0 saturated carbocycles. The molecule has 3 aliphatic heterocycles. The molecule has 1 aromatic carbocycles. The predicted octanol–water partition coefficient (Wildman–Crippen LogP) is 2.71. The van der Waals surface area contributed by atoms with E-state index in [-0.39, 0.29) is 18.8 Å². The summed E-state index contributed by atoms with van der Waals surface area (Å²) in [6.45, 7) is 4.73. The Labute approximate surface area is 172 Å². The number of carbonyl (C=O) groups excluding carboxylic acids is 1. The van der Waals surface area contributed by atoms with E-state index >= 15 is 0 Å². The normalized spacial score (nSPS) is 22.0. The molecular weight excluding hydrogens is 372 g/mol. The Kier molecular flexibility index (Phi) is 6.77. The van der Waals surface area contributed by atoms with E-state index in [2.05, 4.69) is 16.3 Å². The number of carbonyl (C=O) groups is 1. The average molecular weight is 405 g/mol. The number of hydrogen-bond donors (Lipinski definition) is 1. The van der Waals surface area contributed by atoms with Crippen LogP contribution in [0.15, 0.2) is 12.1 Å². The Bertz CT molecular complexity index is 697. The number of piperidine rings is 1. The van der Waals surface area contributed by atoms with Crippen molar-refractivity contribution >= 4 is 5.91 Å². The first-order valence-electron chi connectivity index (χ1n) is 10.8. The molecule has 0 radical (unpaired) electrons. The Morgan fingerprint density at radius 3 is 2.86 bits per heavy atom. The molecule has 2 fully saturated rings. The second kappa shape index (κ2) is 9.67. The zero-order chi connectivity index (χ0) is 20.1. The molecule has 7 nitrogen and oxygen atoms in total. The van der Waals surface area contributed by atoms with Crippen molar-refractivity contribution in [3.8, 4) is 17.2 Å². The zero-order valence-electron chi connectivity index (χ0n) is 17.3. The van der Waals surface area contributed by atoms with Crippen LogP contribution in [0, 0.1) is 5.92 Å². The van der Waals surface area contributed by atoms with Crippen LogP contribution in [0.2, 0.25) is 0 Å². The van der Waals surface area contributed by atoms with Crippen molar-refractivity contribution in [2.75, 3.05) is 40.1 Å². The summed E-state index contributed by atoms with van der Waals surface area (Å²) in [5.74, 6) is 3.00. The highest BCUT2D eigenvalue weighted by Crippen LogP contribution is 2.42. The molecule has 160 valence electrons. The maximum atomic E-state index is 12.1. The van der Waals surface area contributed by atoms with E-state index in [4.69, 9.17) is 18.9 Å². The van der Waals surface area contributed by atoms with Crippen LogP contribution in [-0.4, -0.2) is 57.1 Å². The van der Waals surface area contributed by atoms with Crippen LogP contribution in [0.25, 0.3) is 0 Å². The molecule has 3 aliphatic rings. The van der Waals surface area contributed by atoms with E-state index in [0.717, 1.165) is 69.8 Å². The summed E-state index contributed by atoms with van der Waals surface area (Å²) >= 11 is 0. The number of benzene rings is 1. The van der Waals surface area contributed by atoms with Crippen molar-refractivity contribution in [2.24, 2.45) is 5.92 Å². The van der Waals surface area contributed by atoms with Gasteiger partial charge in [-0.05, 0) is 68.8 Å². The highest BCUT2D eigenvalue weighted by Gasteiger charge is 2.24. The molecule has 3 heterocycles. The second-order valence-electron chi connectivity index (χ2n) is 8.23. The molecule has 1 atom stereocenters. The fourth-order valence-corrected chi connectivity index (χ4v) is 4.42. The van der Waals surface area contributed by atoms with Gasteiger partial charge in [0.05, 0.1) is 13.2 Å². The van der Waals surface area contributed by atoms with Crippen LogP contribution >= 0.6 is 0 Å². The number of ether oxygens (including phenoxy) is 4. The van der Waals surface area contributed by atoms with Crippen LogP contribution < -0.4 is 19.5 Å². The summed E-state index contributed by atoms with van der Waals surface area (Å²) in [5.41, 5.74) is 1.18. The van der Waals surface area contributed by atoms with E-state index in [1.165, 1.54) is 5.56 Å². The van der Waals surface area contributed by atoms with Crippen molar-refractivity contribution in [1.29, 1.82) is 0 Å². The molecule has 0 spiro atoms. The van der Waals surface area contributed by atoms with Crippen LogP contribution in [0.3, 0.4) is 0 Å². The third-order valence-corrected chi connectivity index (χ3v) is 6.16.